The molecule has 2 rings (SSSR count). The normalized spacial score (nSPS) is 9.71. The monoisotopic (exact) mass is 224 g/mol. The first-order valence-electron chi connectivity index (χ1n) is 5.26. The van der Waals surface area contributed by atoms with E-state index in [1.807, 2.05) is 38.1 Å². The van der Waals surface area contributed by atoms with Crippen molar-refractivity contribution >= 4 is 11.5 Å². The van der Waals surface area contributed by atoms with Crippen LogP contribution in [-0.4, -0.2) is 9.97 Å². The number of aryl methyl sites for hydroxylation is 2. The third-order valence-electron chi connectivity index (χ3n) is 2.27. The number of hydrogen-bond donors (Lipinski definition) is 1. The van der Waals surface area contributed by atoms with Crippen molar-refractivity contribution in [2.24, 2.45) is 0 Å². The number of hydrogen-bond acceptors (Lipinski definition) is 4. The Labute approximate surface area is 100.0 Å². The van der Waals surface area contributed by atoms with Crippen molar-refractivity contribution in [2.75, 3.05) is 5.32 Å². The number of aromatic nitrogens is 2. The summed E-state index contributed by atoms with van der Waals surface area (Å²) in [4.78, 5) is 8.34. The Kier molecular flexibility index (Phi) is 3.01. The van der Waals surface area contributed by atoms with Crippen molar-refractivity contribution in [3.63, 3.8) is 0 Å². The molecule has 1 N–H and O–H groups in total. The fourth-order valence-electron chi connectivity index (χ4n) is 1.64. The molecule has 0 unspecified atom stereocenters. The average molecular weight is 224 g/mol. The molecule has 2 heterocycles. The van der Waals surface area contributed by atoms with Gasteiger partial charge < -0.3 is 5.32 Å². The van der Waals surface area contributed by atoms with E-state index in [4.69, 9.17) is 5.26 Å². The Bertz CT molecular complexity index is 564. The minimum absolute atomic E-state index is 0.369. The topological polar surface area (TPSA) is 61.6 Å². The van der Waals surface area contributed by atoms with Crippen LogP contribution in [0.5, 0.6) is 0 Å². The lowest BCUT2D eigenvalue weighted by atomic mass is 10.2. The minimum atomic E-state index is 0.369. The van der Waals surface area contributed by atoms with Gasteiger partial charge >= 0.3 is 0 Å². The van der Waals surface area contributed by atoms with Crippen LogP contribution in [0.15, 0.2) is 30.5 Å². The summed E-state index contributed by atoms with van der Waals surface area (Å²) in [5.74, 6) is 0.729. The maximum absolute atomic E-state index is 8.93. The summed E-state index contributed by atoms with van der Waals surface area (Å²) in [7, 11) is 0. The summed E-state index contributed by atoms with van der Waals surface area (Å²) in [5, 5.41) is 12.0. The molecule has 0 amide bonds. The highest BCUT2D eigenvalue weighted by molar-refractivity contribution is 5.62. The van der Waals surface area contributed by atoms with Gasteiger partial charge in [0.25, 0.3) is 0 Å². The minimum Gasteiger partial charge on any atom is -0.338 e. The van der Waals surface area contributed by atoms with E-state index in [-0.39, 0.29) is 0 Å². The SMILES string of the molecule is Cc1cc(C)nc(Nc2cccnc2C#N)c1. The highest BCUT2D eigenvalue weighted by Crippen LogP contribution is 2.18. The molecular formula is C13H12N4. The van der Waals surface area contributed by atoms with Gasteiger partial charge in [0.1, 0.15) is 11.9 Å². The average Bonchev–Trinajstić information content (AvgIpc) is 2.28. The highest BCUT2D eigenvalue weighted by Gasteiger charge is 2.03. The van der Waals surface area contributed by atoms with Gasteiger partial charge in [-0.2, -0.15) is 5.26 Å². The van der Waals surface area contributed by atoms with Crippen molar-refractivity contribution in [3.8, 4) is 6.07 Å². The fourth-order valence-corrected chi connectivity index (χ4v) is 1.64. The van der Waals surface area contributed by atoms with E-state index < -0.39 is 0 Å². The van der Waals surface area contributed by atoms with Crippen LogP contribution < -0.4 is 5.32 Å². The molecule has 0 fully saturated rings. The zero-order valence-corrected chi connectivity index (χ0v) is 9.73. The van der Waals surface area contributed by atoms with Gasteiger partial charge in [-0.25, -0.2) is 9.97 Å². The number of pyridine rings is 2. The lowest BCUT2D eigenvalue weighted by molar-refractivity contribution is 1.17. The zero-order valence-electron chi connectivity index (χ0n) is 9.73. The van der Waals surface area contributed by atoms with Gasteiger partial charge in [0, 0.05) is 11.9 Å². The maximum Gasteiger partial charge on any atom is 0.163 e. The van der Waals surface area contributed by atoms with Crippen LogP contribution in [0.4, 0.5) is 11.5 Å². The van der Waals surface area contributed by atoms with E-state index in [9.17, 15) is 0 Å². The van der Waals surface area contributed by atoms with Crippen LogP contribution in [0.2, 0.25) is 0 Å². The van der Waals surface area contributed by atoms with Gasteiger partial charge in [0.05, 0.1) is 5.69 Å². The van der Waals surface area contributed by atoms with Crippen LogP contribution in [0.25, 0.3) is 0 Å². The lowest BCUT2D eigenvalue weighted by Gasteiger charge is -2.08. The molecule has 0 spiro atoms. The molecule has 0 aromatic carbocycles. The third-order valence-corrected chi connectivity index (χ3v) is 2.27. The van der Waals surface area contributed by atoms with Crippen LogP contribution >= 0.6 is 0 Å². The summed E-state index contributed by atoms with van der Waals surface area (Å²) < 4.78 is 0. The quantitative estimate of drug-likeness (QED) is 0.851. The molecule has 0 bridgehead atoms. The van der Waals surface area contributed by atoms with Crippen LogP contribution in [-0.2, 0) is 0 Å². The highest BCUT2D eigenvalue weighted by atomic mass is 15.0. The van der Waals surface area contributed by atoms with Gasteiger partial charge in [0.2, 0.25) is 0 Å². The van der Waals surface area contributed by atoms with Crippen LogP contribution in [0.1, 0.15) is 17.0 Å². The molecular weight excluding hydrogens is 212 g/mol. The van der Waals surface area contributed by atoms with Gasteiger partial charge in [-0.3, -0.25) is 0 Å². The van der Waals surface area contributed by atoms with E-state index >= 15 is 0 Å². The smallest absolute Gasteiger partial charge is 0.163 e. The maximum atomic E-state index is 8.93. The number of nitrogens with zero attached hydrogens (tertiary/aromatic N) is 3. The first-order chi connectivity index (χ1) is 8.19. The molecule has 0 aliphatic carbocycles. The summed E-state index contributed by atoms with van der Waals surface area (Å²) >= 11 is 0. The third kappa shape index (κ3) is 2.58. The van der Waals surface area contributed by atoms with E-state index in [2.05, 4.69) is 15.3 Å². The van der Waals surface area contributed by atoms with Crippen molar-refractivity contribution in [2.45, 2.75) is 13.8 Å². The predicted molar refractivity (Wildman–Crippen MR) is 65.9 cm³/mol. The Morgan fingerprint density at radius 3 is 2.82 bits per heavy atom. The second-order valence-electron chi connectivity index (χ2n) is 3.81. The molecule has 84 valence electrons. The second kappa shape index (κ2) is 4.62. The van der Waals surface area contributed by atoms with Gasteiger partial charge in [0.15, 0.2) is 5.69 Å². The van der Waals surface area contributed by atoms with E-state index in [0.29, 0.717) is 11.4 Å². The van der Waals surface area contributed by atoms with E-state index in [1.54, 1.807) is 12.3 Å². The number of anilines is 2. The largest absolute Gasteiger partial charge is 0.338 e. The molecule has 17 heavy (non-hydrogen) atoms. The molecule has 4 heteroatoms. The van der Waals surface area contributed by atoms with Crippen molar-refractivity contribution in [1.82, 2.24) is 9.97 Å². The standard InChI is InChI=1S/C13H12N4/c1-9-6-10(2)16-13(7-9)17-11-4-3-5-15-12(11)8-14/h3-7H,1-2H3,(H,16,17). The molecule has 0 aliphatic rings. The Hall–Kier alpha value is -2.41. The molecule has 0 radical (unpaired) electrons. The summed E-state index contributed by atoms with van der Waals surface area (Å²) in [6.45, 7) is 3.95. The summed E-state index contributed by atoms with van der Waals surface area (Å²) in [5.41, 5.74) is 3.11. The van der Waals surface area contributed by atoms with Crippen molar-refractivity contribution in [1.29, 1.82) is 5.26 Å². The van der Waals surface area contributed by atoms with E-state index in [1.165, 1.54) is 0 Å². The summed E-state index contributed by atoms with van der Waals surface area (Å²) in [6, 6.07) is 9.57. The van der Waals surface area contributed by atoms with Crippen molar-refractivity contribution < 1.29 is 0 Å². The predicted octanol–water partition coefficient (Wildman–Crippen LogP) is 2.71. The lowest BCUT2D eigenvalue weighted by Crippen LogP contribution is -1.99. The Morgan fingerprint density at radius 2 is 2.12 bits per heavy atom. The molecule has 4 nitrogen and oxygen atoms in total. The Morgan fingerprint density at radius 1 is 1.29 bits per heavy atom. The first kappa shape index (κ1) is 11.1. The molecule has 0 atom stereocenters. The molecule has 2 aromatic rings. The van der Waals surface area contributed by atoms with Crippen LogP contribution in [0, 0.1) is 25.2 Å². The van der Waals surface area contributed by atoms with E-state index in [0.717, 1.165) is 17.1 Å². The van der Waals surface area contributed by atoms with Gasteiger partial charge in [-0.05, 0) is 43.7 Å². The number of nitrogens with one attached hydrogen (secondary N) is 1. The van der Waals surface area contributed by atoms with Crippen molar-refractivity contribution in [3.05, 3.63) is 47.4 Å². The summed E-state index contributed by atoms with van der Waals surface area (Å²) in [6.07, 6.45) is 1.60. The number of nitriles is 1. The first-order valence-corrected chi connectivity index (χ1v) is 5.26. The van der Waals surface area contributed by atoms with Crippen LogP contribution in [0.3, 0.4) is 0 Å². The Balaban J connectivity index is 2.35. The molecule has 0 aliphatic heterocycles. The van der Waals surface area contributed by atoms with Gasteiger partial charge in [-0.1, -0.05) is 0 Å². The molecule has 0 saturated heterocycles. The fraction of sp³-hybridized carbons (Fsp3) is 0.154. The molecule has 0 saturated carbocycles. The number of rotatable bonds is 2. The van der Waals surface area contributed by atoms with Gasteiger partial charge in [-0.15, -0.1) is 0 Å². The zero-order chi connectivity index (χ0) is 12.3. The molecule has 2 aromatic heterocycles. The second-order valence-corrected chi connectivity index (χ2v) is 3.81.